The van der Waals surface area contributed by atoms with Crippen LogP contribution in [0.3, 0.4) is 0 Å². The molecule has 1 saturated carbocycles. The van der Waals surface area contributed by atoms with Gasteiger partial charge in [-0.05, 0) is 25.0 Å². The van der Waals surface area contributed by atoms with Crippen LogP contribution in [0.5, 0.6) is 0 Å². The Bertz CT molecular complexity index is 759. The number of hydrogen-bond donors (Lipinski definition) is 0. The van der Waals surface area contributed by atoms with Crippen molar-refractivity contribution in [1.82, 2.24) is 9.55 Å². The highest BCUT2D eigenvalue weighted by atomic mass is 32.2. The Kier molecular flexibility index (Phi) is 4.20. The van der Waals surface area contributed by atoms with Crippen LogP contribution in [0.4, 0.5) is 0 Å². The number of benzene rings is 2. The molecule has 0 spiro atoms. The summed E-state index contributed by atoms with van der Waals surface area (Å²) in [5, 5.41) is 1.82. The Morgan fingerprint density at radius 2 is 1.52 bits per heavy atom. The predicted octanol–water partition coefficient (Wildman–Crippen LogP) is 5.57. The van der Waals surface area contributed by atoms with Crippen molar-refractivity contribution in [1.29, 1.82) is 0 Å². The number of para-hydroxylation sites is 1. The van der Waals surface area contributed by atoms with E-state index in [1.54, 1.807) is 0 Å². The molecular weight excluding hydrogens is 300 g/mol. The lowest BCUT2D eigenvalue weighted by Crippen LogP contribution is -2.02. The second kappa shape index (κ2) is 6.63. The summed E-state index contributed by atoms with van der Waals surface area (Å²) in [4.78, 5) is 4.76. The standard InChI is InChI=1S/C20H20N2S/c1-3-9-16(10-4-1)19-15-21-20(23-18-13-7-8-14-18)22(19)17-11-5-2-6-12-17/h1-6,9-12,15,18H,7-8,13-14H2. The Labute approximate surface area is 141 Å². The SMILES string of the molecule is c1ccc(-c2cnc(SC3CCCC3)n2-c2ccccc2)cc1. The molecule has 0 radical (unpaired) electrons. The normalized spacial score (nSPS) is 15.1. The van der Waals surface area contributed by atoms with Crippen LogP contribution >= 0.6 is 11.8 Å². The molecule has 1 fully saturated rings. The summed E-state index contributed by atoms with van der Waals surface area (Å²) in [7, 11) is 0. The zero-order valence-corrected chi connectivity index (χ0v) is 13.9. The lowest BCUT2D eigenvalue weighted by atomic mass is 10.1. The van der Waals surface area contributed by atoms with Gasteiger partial charge in [0.25, 0.3) is 0 Å². The summed E-state index contributed by atoms with van der Waals surface area (Å²) in [6.45, 7) is 0. The highest BCUT2D eigenvalue weighted by Crippen LogP contribution is 2.37. The number of hydrogen-bond acceptors (Lipinski definition) is 2. The third kappa shape index (κ3) is 3.06. The minimum absolute atomic E-state index is 0.712. The van der Waals surface area contributed by atoms with Crippen LogP contribution in [0.25, 0.3) is 16.9 Å². The second-order valence-corrected chi connectivity index (χ2v) is 7.25. The van der Waals surface area contributed by atoms with Crippen molar-refractivity contribution >= 4 is 11.8 Å². The van der Waals surface area contributed by atoms with Gasteiger partial charge in [-0.15, -0.1) is 0 Å². The molecule has 1 heterocycles. The van der Waals surface area contributed by atoms with Gasteiger partial charge in [-0.1, -0.05) is 73.1 Å². The molecule has 23 heavy (non-hydrogen) atoms. The van der Waals surface area contributed by atoms with Gasteiger partial charge in [0, 0.05) is 16.5 Å². The third-order valence-electron chi connectivity index (χ3n) is 4.39. The van der Waals surface area contributed by atoms with Gasteiger partial charge in [-0.3, -0.25) is 4.57 Å². The van der Waals surface area contributed by atoms with Crippen molar-refractivity contribution in [2.45, 2.75) is 36.1 Å². The van der Waals surface area contributed by atoms with E-state index >= 15 is 0 Å². The molecule has 1 aliphatic carbocycles. The van der Waals surface area contributed by atoms with Gasteiger partial charge in [-0.2, -0.15) is 0 Å². The molecule has 2 nitrogen and oxygen atoms in total. The molecule has 0 unspecified atom stereocenters. The topological polar surface area (TPSA) is 17.8 Å². The quantitative estimate of drug-likeness (QED) is 0.625. The van der Waals surface area contributed by atoms with E-state index in [1.165, 1.54) is 36.9 Å². The minimum atomic E-state index is 0.712. The Balaban J connectivity index is 1.79. The molecule has 1 aromatic heterocycles. The van der Waals surface area contributed by atoms with Crippen LogP contribution < -0.4 is 0 Å². The summed E-state index contributed by atoms with van der Waals surface area (Å²) >= 11 is 1.94. The van der Waals surface area contributed by atoms with Gasteiger partial charge in [0.05, 0.1) is 11.9 Å². The van der Waals surface area contributed by atoms with Crippen LogP contribution in [0.15, 0.2) is 72.0 Å². The first kappa shape index (κ1) is 14.6. The smallest absolute Gasteiger partial charge is 0.173 e. The third-order valence-corrected chi connectivity index (χ3v) is 5.69. The van der Waals surface area contributed by atoms with Crippen LogP contribution in [-0.4, -0.2) is 14.8 Å². The van der Waals surface area contributed by atoms with E-state index in [1.807, 2.05) is 18.0 Å². The monoisotopic (exact) mass is 320 g/mol. The average molecular weight is 320 g/mol. The fourth-order valence-corrected chi connectivity index (χ4v) is 4.50. The molecule has 4 rings (SSSR count). The van der Waals surface area contributed by atoms with E-state index in [4.69, 9.17) is 4.98 Å². The van der Waals surface area contributed by atoms with E-state index in [9.17, 15) is 0 Å². The zero-order valence-electron chi connectivity index (χ0n) is 13.1. The lowest BCUT2D eigenvalue weighted by Gasteiger charge is -2.14. The molecule has 1 aliphatic rings. The van der Waals surface area contributed by atoms with Gasteiger partial charge in [0.15, 0.2) is 5.16 Å². The van der Waals surface area contributed by atoms with E-state index in [0.29, 0.717) is 5.25 Å². The zero-order chi connectivity index (χ0) is 15.5. The van der Waals surface area contributed by atoms with Crippen molar-refractivity contribution in [3.63, 3.8) is 0 Å². The maximum Gasteiger partial charge on any atom is 0.173 e. The van der Waals surface area contributed by atoms with Crippen LogP contribution in [-0.2, 0) is 0 Å². The van der Waals surface area contributed by atoms with E-state index in [-0.39, 0.29) is 0 Å². The molecule has 116 valence electrons. The van der Waals surface area contributed by atoms with Crippen LogP contribution in [0.2, 0.25) is 0 Å². The van der Waals surface area contributed by atoms with Gasteiger partial charge in [-0.25, -0.2) is 4.98 Å². The minimum Gasteiger partial charge on any atom is -0.287 e. The first-order valence-corrected chi connectivity index (χ1v) is 9.15. The van der Waals surface area contributed by atoms with Gasteiger partial charge < -0.3 is 0 Å². The first-order valence-electron chi connectivity index (χ1n) is 8.27. The predicted molar refractivity (Wildman–Crippen MR) is 97.1 cm³/mol. The van der Waals surface area contributed by atoms with Gasteiger partial charge >= 0.3 is 0 Å². The van der Waals surface area contributed by atoms with E-state index < -0.39 is 0 Å². The van der Waals surface area contributed by atoms with E-state index in [2.05, 4.69) is 65.2 Å². The summed E-state index contributed by atoms with van der Waals surface area (Å²) in [5.41, 5.74) is 3.56. The molecule has 3 aromatic rings. The number of imidazole rings is 1. The number of nitrogens with zero attached hydrogens (tertiary/aromatic N) is 2. The Morgan fingerprint density at radius 3 is 2.22 bits per heavy atom. The maximum atomic E-state index is 4.76. The summed E-state index contributed by atoms with van der Waals surface area (Å²) in [5.74, 6) is 0. The van der Waals surface area contributed by atoms with Crippen molar-refractivity contribution in [2.24, 2.45) is 0 Å². The molecule has 2 aromatic carbocycles. The molecule has 0 saturated heterocycles. The van der Waals surface area contributed by atoms with Gasteiger partial charge in [0.1, 0.15) is 0 Å². The number of rotatable bonds is 4. The molecule has 3 heteroatoms. The second-order valence-electron chi connectivity index (χ2n) is 5.99. The highest BCUT2D eigenvalue weighted by molar-refractivity contribution is 7.99. The fraction of sp³-hybridized carbons (Fsp3) is 0.250. The summed E-state index contributed by atoms with van der Waals surface area (Å²) in [6, 6.07) is 21.1. The molecular formula is C20H20N2S. The van der Waals surface area contributed by atoms with Crippen molar-refractivity contribution in [3.8, 4) is 16.9 Å². The molecule has 0 amide bonds. The Morgan fingerprint density at radius 1 is 0.870 bits per heavy atom. The largest absolute Gasteiger partial charge is 0.287 e. The maximum absolute atomic E-state index is 4.76. The van der Waals surface area contributed by atoms with Crippen LogP contribution in [0.1, 0.15) is 25.7 Å². The molecule has 0 bridgehead atoms. The fourth-order valence-electron chi connectivity index (χ4n) is 3.21. The van der Waals surface area contributed by atoms with Crippen molar-refractivity contribution in [2.75, 3.05) is 0 Å². The Hall–Kier alpha value is -2.00. The molecule has 0 aliphatic heterocycles. The molecule has 0 atom stereocenters. The average Bonchev–Trinajstić information content (AvgIpc) is 3.27. The van der Waals surface area contributed by atoms with Crippen molar-refractivity contribution < 1.29 is 0 Å². The highest BCUT2D eigenvalue weighted by Gasteiger charge is 2.21. The van der Waals surface area contributed by atoms with Crippen molar-refractivity contribution in [3.05, 3.63) is 66.9 Å². The molecule has 0 N–H and O–H groups in total. The number of aromatic nitrogens is 2. The lowest BCUT2D eigenvalue weighted by molar-refractivity contribution is 0.861. The summed E-state index contributed by atoms with van der Waals surface area (Å²) < 4.78 is 2.30. The van der Waals surface area contributed by atoms with Crippen LogP contribution in [0, 0.1) is 0 Å². The van der Waals surface area contributed by atoms with E-state index in [0.717, 1.165) is 10.9 Å². The number of thioether (sulfide) groups is 1. The summed E-state index contributed by atoms with van der Waals surface area (Å²) in [6.07, 6.45) is 7.35. The van der Waals surface area contributed by atoms with Gasteiger partial charge in [0.2, 0.25) is 0 Å². The first-order chi connectivity index (χ1) is 11.4.